The van der Waals surface area contributed by atoms with Crippen LogP contribution in [-0.4, -0.2) is 47.2 Å². The zero-order valence-corrected chi connectivity index (χ0v) is 19.7. The number of carbonyl (C=O) groups is 1. The molecule has 33 heavy (non-hydrogen) atoms. The molecule has 0 radical (unpaired) electrons. The van der Waals surface area contributed by atoms with Crippen LogP contribution in [0.3, 0.4) is 0 Å². The number of piperazine rings is 1. The number of rotatable bonds is 5. The van der Waals surface area contributed by atoms with Gasteiger partial charge in [0.1, 0.15) is 5.01 Å². The number of hydrogen-bond acceptors (Lipinski definition) is 5. The Morgan fingerprint density at radius 1 is 0.848 bits per heavy atom. The van der Waals surface area contributed by atoms with Crippen molar-refractivity contribution in [3.05, 3.63) is 76.8 Å². The van der Waals surface area contributed by atoms with Gasteiger partial charge in [0.15, 0.2) is 0 Å². The van der Waals surface area contributed by atoms with Gasteiger partial charge in [0.05, 0.1) is 0 Å². The van der Waals surface area contributed by atoms with Crippen molar-refractivity contribution in [2.45, 2.75) is 38.0 Å². The number of benzene rings is 2. The molecule has 0 N–H and O–H groups in total. The maximum absolute atomic E-state index is 13.6. The lowest BCUT2D eigenvalue weighted by Gasteiger charge is -2.35. The second-order valence-corrected chi connectivity index (χ2v) is 9.86. The summed E-state index contributed by atoms with van der Waals surface area (Å²) in [5.74, 6) is 0.675. The average molecular weight is 459 g/mol. The first-order valence-corrected chi connectivity index (χ1v) is 12.8. The first kappa shape index (κ1) is 21.8. The third kappa shape index (κ3) is 5.17. The highest BCUT2D eigenvalue weighted by atomic mass is 32.1. The molecule has 6 heteroatoms. The summed E-state index contributed by atoms with van der Waals surface area (Å²) < 4.78 is 0. The Hall–Kier alpha value is -2.99. The maximum Gasteiger partial charge on any atom is 0.254 e. The minimum absolute atomic E-state index is 0.0878. The molecule has 1 saturated heterocycles. The van der Waals surface area contributed by atoms with Crippen molar-refractivity contribution in [3.63, 3.8) is 0 Å². The molecule has 1 aliphatic carbocycles. The van der Waals surface area contributed by atoms with Crippen LogP contribution in [0.5, 0.6) is 0 Å². The van der Waals surface area contributed by atoms with Crippen LogP contribution in [0.15, 0.2) is 60.7 Å². The molecule has 5 rings (SSSR count). The van der Waals surface area contributed by atoms with Crippen LogP contribution in [0.1, 0.15) is 54.2 Å². The lowest BCUT2D eigenvalue weighted by molar-refractivity contribution is -0.125. The van der Waals surface area contributed by atoms with E-state index in [1.165, 1.54) is 37.1 Å². The Balaban J connectivity index is 1.28. The van der Waals surface area contributed by atoms with Crippen molar-refractivity contribution in [1.82, 2.24) is 15.1 Å². The molecule has 3 aromatic rings. The molecule has 0 unspecified atom stereocenters. The summed E-state index contributed by atoms with van der Waals surface area (Å²) in [6, 6.07) is 20.0. The number of amides is 1. The van der Waals surface area contributed by atoms with Gasteiger partial charge in [-0.15, -0.1) is 10.2 Å². The van der Waals surface area contributed by atoms with Gasteiger partial charge in [0, 0.05) is 37.7 Å². The van der Waals surface area contributed by atoms with Gasteiger partial charge >= 0.3 is 0 Å². The van der Waals surface area contributed by atoms with Crippen molar-refractivity contribution >= 4 is 34.0 Å². The molecule has 2 heterocycles. The van der Waals surface area contributed by atoms with Gasteiger partial charge in [0.25, 0.3) is 5.91 Å². The number of hydrogen-bond donors (Lipinski definition) is 0. The highest BCUT2D eigenvalue weighted by Crippen LogP contribution is 2.36. The molecule has 0 spiro atoms. The Morgan fingerprint density at radius 2 is 1.52 bits per heavy atom. The Morgan fingerprint density at radius 3 is 2.21 bits per heavy atom. The first-order chi connectivity index (χ1) is 16.3. The molecule has 1 aliphatic heterocycles. The molecule has 170 valence electrons. The van der Waals surface area contributed by atoms with E-state index in [0.717, 1.165) is 34.9 Å². The van der Waals surface area contributed by atoms with E-state index in [0.29, 0.717) is 19.0 Å². The Kier molecular flexibility index (Phi) is 6.81. The van der Waals surface area contributed by atoms with Crippen molar-refractivity contribution in [1.29, 1.82) is 0 Å². The van der Waals surface area contributed by atoms with Crippen LogP contribution in [-0.2, 0) is 4.79 Å². The second kappa shape index (κ2) is 10.3. The van der Waals surface area contributed by atoms with Crippen molar-refractivity contribution in [3.8, 4) is 0 Å². The Bertz CT molecular complexity index is 1080. The minimum Gasteiger partial charge on any atom is -0.343 e. The van der Waals surface area contributed by atoms with Crippen LogP contribution in [0.2, 0.25) is 0 Å². The number of carbonyl (C=O) groups excluding carboxylic acids is 1. The summed E-state index contributed by atoms with van der Waals surface area (Å²) in [6.07, 6.45) is 8.45. The molecule has 0 atom stereocenters. The van der Waals surface area contributed by atoms with E-state index in [-0.39, 0.29) is 5.91 Å². The van der Waals surface area contributed by atoms with Crippen LogP contribution in [0.4, 0.5) is 5.13 Å². The number of nitrogens with zero attached hydrogens (tertiary/aromatic N) is 4. The zero-order chi connectivity index (χ0) is 22.5. The molecular weight excluding hydrogens is 428 g/mol. The fourth-order valence-corrected chi connectivity index (χ4v) is 5.81. The third-order valence-electron chi connectivity index (χ3n) is 6.65. The monoisotopic (exact) mass is 458 g/mol. The summed E-state index contributed by atoms with van der Waals surface area (Å²) in [4.78, 5) is 17.8. The average Bonchev–Trinajstić information content (AvgIpc) is 3.39. The van der Waals surface area contributed by atoms with Gasteiger partial charge in [-0.2, -0.15) is 0 Å². The predicted molar refractivity (Wildman–Crippen MR) is 135 cm³/mol. The fraction of sp³-hybridized carbons (Fsp3) is 0.370. The van der Waals surface area contributed by atoms with Gasteiger partial charge in [-0.1, -0.05) is 91.3 Å². The van der Waals surface area contributed by atoms with Crippen LogP contribution in [0, 0.1) is 0 Å². The van der Waals surface area contributed by atoms with Gasteiger partial charge in [-0.3, -0.25) is 4.79 Å². The molecule has 2 fully saturated rings. The molecule has 2 aromatic carbocycles. The van der Waals surface area contributed by atoms with E-state index in [2.05, 4.69) is 15.1 Å². The van der Waals surface area contributed by atoms with Crippen LogP contribution in [0.25, 0.3) is 11.6 Å². The fourth-order valence-electron chi connectivity index (χ4n) is 4.74. The van der Waals surface area contributed by atoms with Crippen molar-refractivity contribution in [2.24, 2.45) is 0 Å². The molecule has 5 nitrogen and oxygen atoms in total. The van der Waals surface area contributed by atoms with Gasteiger partial charge in [-0.05, 0) is 30.0 Å². The van der Waals surface area contributed by atoms with E-state index in [1.54, 1.807) is 11.3 Å². The summed E-state index contributed by atoms with van der Waals surface area (Å²) in [5.41, 5.74) is 2.73. The van der Waals surface area contributed by atoms with E-state index < -0.39 is 0 Å². The molecule has 0 bridgehead atoms. The summed E-state index contributed by atoms with van der Waals surface area (Å²) in [6.45, 7) is 2.96. The van der Waals surface area contributed by atoms with E-state index in [4.69, 9.17) is 0 Å². The summed E-state index contributed by atoms with van der Waals surface area (Å²) in [5, 5.41) is 11.2. The SMILES string of the molecule is O=C(/C(=C\c1ccccc1)c1ccccc1)N1CCN(c2nnc(C3CCCCC3)s2)CC1. The van der Waals surface area contributed by atoms with E-state index in [1.807, 2.05) is 71.6 Å². The molecule has 1 aromatic heterocycles. The van der Waals surface area contributed by atoms with Gasteiger partial charge < -0.3 is 9.80 Å². The lowest BCUT2D eigenvalue weighted by Crippen LogP contribution is -2.49. The quantitative estimate of drug-likeness (QED) is 0.375. The van der Waals surface area contributed by atoms with Crippen molar-refractivity contribution in [2.75, 3.05) is 31.1 Å². The summed E-state index contributed by atoms with van der Waals surface area (Å²) in [7, 11) is 0. The smallest absolute Gasteiger partial charge is 0.254 e. The molecular formula is C27H30N4OS. The first-order valence-electron chi connectivity index (χ1n) is 12.0. The van der Waals surface area contributed by atoms with Crippen LogP contribution < -0.4 is 4.90 Å². The normalized spacial score (nSPS) is 17.9. The standard InChI is InChI=1S/C27H30N4OS/c32-26(24(22-12-6-2-7-13-22)20-21-10-4-1-5-11-21)30-16-18-31(19-17-30)27-29-28-25(33-27)23-14-8-3-9-15-23/h1-2,4-7,10-13,20,23H,3,8-9,14-19H2/b24-20-. The number of anilines is 1. The predicted octanol–water partition coefficient (Wildman–Crippen LogP) is 5.48. The van der Waals surface area contributed by atoms with Gasteiger partial charge in [0.2, 0.25) is 5.13 Å². The molecule has 1 amide bonds. The second-order valence-electron chi connectivity index (χ2n) is 8.87. The van der Waals surface area contributed by atoms with E-state index >= 15 is 0 Å². The Labute approximate surface area is 199 Å². The topological polar surface area (TPSA) is 49.3 Å². The maximum atomic E-state index is 13.6. The van der Waals surface area contributed by atoms with Crippen LogP contribution >= 0.6 is 11.3 Å². The third-order valence-corrected chi connectivity index (χ3v) is 7.79. The van der Waals surface area contributed by atoms with E-state index in [9.17, 15) is 4.79 Å². The summed E-state index contributed by atoms with van der Waals surface area (Å²) >= 11 is 1.75. The van der Waals surface area contributed by atoms with Gasteiger partial charge in [-0.25, -0.2) is 0 Å². The molecule has 2 aliphatic rings. The lowest BCUT2D eigenvalue weighted by atomic mass is 9.90. The largest absolute Gasteiger partial charge is 0.343 e. The highest BCUT2D eigenvalue weighted by Gasteiger charge is 2.27. The minimum atomic E-state index is 0.0878. The van der Waals surface area contributed by atoms with Crippen molar-refractivity contribution < 1.29 is 4.79 Å². The number of aromatic nitrogens is 2. The highest BCUT2D eigenvalue weighted by molar-refractivity contribution is 7.15. The molecule has 1 saturated carbocycles. The zero-order valence-electron chi connectivity index (χ0n) is 18.9.